The highest BCUT2D eigenvalue weighted by molar-refractivity contribution is 5.78. The first kappa shape index (κ1) is 20.0. The molecule has 1 aliphatic rings. The quantitative estimate of drug-likeness (QED) is 0.248. The normalized spacial score (nSPS) is 20.3. The summed E-state index contributed by atoms with van der Waals surface area (Å²) in [6.07, 6.45) is 6.29. The predicted octanol–water partition coefficient (Wildman–Crippen LogP) is 4.70. The zero-order valence-electron chi connectivity index (χ0n) is 15.1. The van der Waals surface area contributed by atoms with E-state index < -0.39 is 59.3 Å². The van der Waals surface area contributed by atoms with Crippen molar-refractivity contribution in [3.05, 3.63) is 46.0 Å². The third kappa shape index (κ3) is 3.48. The summed E-state index contributed by atoms with van der Waals surface area (Å²) in [6, 6.07) is 0. The van der Waals surface area contributed by atoms with Crippen molar-refractivity contribution in [3.8, 4) is 12.3 Å². The zero-order valence-corrected chi connectivity index (χ0v) is 15.1. The molecule has 2 rings (SSSR count). The number of rotatable bonds is 5. The van der Waals surface area contributed by atoms with Crippen molar-refractivity contribution in [2.75, 3.05) is 0 Å². The Kier molecular flexibility index (Phi) is 5.50. The van der Waals surface area contributed by atoms with E-state index in [1.54, 1.807) is 0 Å². The Balaban J connectivity index is 2.20. The van der Waals surface area contributed by atoms with Crippen LogP contribution in [0.3, 0.4) is 0 Å². The molecule has 0 aromatic heterocycles. The summed E-state index contributed by atoms with van der Waals surface area (Å²) in [5.74, 6) is -5.59. The molecule has 0 unspecified atom stereocenters. The van der Waals surface area contributed by atoms with Gasteiger partial charge in [-0.3, -0.25) is 4.79 Å². The topological polar surface area (TPSA) is 26.3 Å². The van der Waals surface area contributed by atoms with E-state index in [0.29, 0.717) is 0 Å². The van der Waals surface area contributed by atoms with Gasteiger partial charge in [-0.2, -0.15) is 0 Å². The van der Waals surface area contributed by atoms with Crippen LogP contribution in [-0.2, 0) is 22.6 Å². The molecule has 1 aromatic rings. The molecule has 0 bridgehead atoms. The lowest BCUT2D eigenvalue weighted by molar-refractivity contribution is -0.147. The fourth-order valence-electron chi connectivity index (χ4n) is 3.14. The molecule has 0 amide bonds. The standard InChI is InChI=1S/C20H20F4O2/c1-6-7-11-15(21)17(23)12(18(24)16(11)22)9-26-19(25)14-13(8-10(2)3)20(14,4)5/h1,8,13-14H,7,9H2,2-5H3/t13-,14+/m1/s1. The van der Waals surface area contributed by atoms with Crippen LogP contribution in [0.25, 0.3) is 0 Å². The fraction of sp³-hybridized carbons (Fsp3) is 0.450. The van der Waals surface area contributed by atoms with Crippen LogP contribution in [0, 0.1) is 52.9 Å². The van der Waals surface area contributed by atoms with Gasteiger partial charge >= 0.3 is 5.97 Å². The van der Waals surface area contributed by atoms with E-state index in [4.69, 9.17) is 11.2 Å². The number of esters is 1. The van der Waals surface area contributed by atoms with Crippen LogP contribution in [0.1, 0.15) is 38.8 Å². The van der Waals surface area contributed by atoms with E-state index >= 15 is 0 Å². The van der Waals surface area contributed by atoms with E-state index in [1.807, 2.05) is 39.7 Å². The Morgan fingerprint density at radius 1 is 1.12 bits per heavy atom. The van der Waals surface area contributed by atoms with E-state index in [2.05, 4.69) is 0 Å². The molecular formula is C20H20F4O2. The van der Waals surface area contributed by atoms with Crippen molar-refractivity contribution in [1.82, 2.24) is 0 Å². The van der Waals surface area contributed by atoms with Gasteiger partial charge in [0.15, 0.2) is 23.3 Å². The Labute approximate surface area is 150 Å². The number of terminal acetylenes is 1. The van der Waals surface area contributed by atoms with Crippen molar-refractivity contribution >= 4 is 5.97 Å². The van der Waals surface area contributed by atoms with Crippen molar-refractivity contribution < 1.29 is 27.1 Å². The van der Waals surface area contributed by atoms with E-state index in [1.165, 1.54) is 0 Å². The number of hydrogen-bond acceptors (Lipinski definition) is 2. The summed E-state index contributed by atoms with van der Waals surface area (Å²) in [4.78, 5) is 12.2. The van der Waals surface area contributed by atoms with Gasteiger partial charge in [-0.1, -0.05) is 25.5 Å². The highest BCUT2D eigenvalue weighted by Crippen LogP contribution is 2.59. The zero-order chi connectivity index (χ0) is 19.8. The second-order valence-corrected chi connectivity index (χ2v) is 7.27. The van der Waals surface area contributed by atoms with Gasteiger partial charge in [0.05, 0.1) is 11.5 Å². The minimum atomic E-state index is -1.60. The van der Waals surface area contributed by atoms with Gasteiger partial charge in [-0.25, -0.2) is 17.6 Å². The lowest BCUT2D eigenvalue weighted by atomic mass is 10.1. The maximum absolute atomic E-state index is 14.0. The van der Waals surface area contributed by atoms with Crippen LogP contribution in [0.15, 0.2) is 11.6 Å². The molecule has 0 N–H and O–H groups in total. The van der Waals surface area contributed by atoms with E-state index in [-0.39, 0.29) is 11.3 Å². The average molecular weight is 368 g/mol. The molecule has 1 aromatic carbocycles. The molecule has 2 atom stereocenters. The Hall–Kier alpha value is -2.29. The molecule has 140 valence electrons. The summed E-state index contributed by atoms with van der Waals surface area (Å²) in [6.45, 7) is 6.64. The summed E-state index contributed by atoms with van der Waals surface area (Å²) >= 11 is 0. The molecule has 6 heteroatoms. The van der Waals surface area contributed by atoms with E-state index in [9.17, 15) is 22.4 Å². The highest BCUT2D eigenvalue weighted by atomic mass is 19.2. The minimum Gasteiger partial charge on any atom is -0.460 e. The van der Waals surface area contributed by atoms with Gasteiger partial charge in [0, 0.05) is 12.0 Å². The molecule has 0 saturated heterocycles. The summed E-state index contributed by atoms with van der Waals surface area (Å²) in [5, 5.41) is 0. The largest absolute Gasteiger partial charge is 0.460 e. The second-order valence-electron chi connectivity index (χ2n) is 7.27. The third-order valence-electron chi connectivity index (χ3n) is 4.76. The number of allylic oxidation sites excluding steroid dienone is 2. The summed E-state index contributed by atoms with van der Waals surface area (Å²) in [5.41, 5.74) is -1.14. The Bertz CT molecular complexity index is 785. The molecular weight excluding hydrogens is 348 g/mol. The lowest BCUT2D eigenvalue weighted by Gasteiger charge is -2.11. The van der Waals surface area contributed by atoms with Crippen molar-refractivity contribution in [1.29, 1.82) is 0 Å². The minimum absolute atomic E-state index is 0.0545. The van der Waals surface area contributed by atoms with Crippen molar-refractivity contribution in [3.63, 3.8) is 0 Å². The molecule has 0 heterocycles. The number of benzene rings is 1. The first-order chi connectivity index (χ1) is 12.0. The van der Waals surface area contributed by atoms with Crippen LogP contribution in [-0.4, -0.2) is 5.97 Å². The van der Waals surface area contributed by atoms with Crippen LogP contribution in [0.4, 0.5) is 17.6 Å². The second kappa shape index (κ2) is 7.14. The predicted molar refractivity (Wildman–Crippen MR) is 88.8 cm³/mol. The maximum atomic E-state index is 14.0. The molecule has 26 heavy (non-hydrogen) atoms. The van der Waals surface area contributed by atoms with Gasteiger partial charge < -0.3 is 4.74 Å². The Morgan fingerprint density at radius 3 is 2.08 bits per heavy atom. The first-order valence-electron chi connectivity index (χ1n) is 8.12. The van der Waals surface area contributed by atoms with E-state index in [0.717, 1.165) is 5.57 Å². The van der Waals surface area contributed by atoms with Crippen molar-refractivity contribution in [2.24, 2.45) is 17.3 Å². The Morgan fingerprint density at radius 2 is 1.62 bits per heavy atom. The van der Waals surface area contributed by atoms with Gasteiger partial charge in [-0.15, -0.1) is 12.3 Å². The van der Waals surface area contributed by atoms with Crippen LogP contribution >= 0.6 is 0 Å². The molecule has 0 radical (unpaired) electrons. The lowest BCUT2D eigenvalue weighted by Crippen LogP contribution is -2.14. The van der Waals surface area contributed by atoms with Crippen LogP contribution in [0.5, 0.6) is 0 Å². The number of hydrogen-bond donors (Lipinski definition) is 0. The highest BCUT2D eigenvalue weighted by Gasteiger charge is 2.61. The smallest absolute Gasteiger partial charge is 0.310 e. The monoisotopic (exact) mass is 368 g/mol. The number of ether oxygens (including phenoxy) is 1. The number of halogens is 4. The number of carbonyl (C=O) groups excluding carboxylic acids is 1. The molecule has 1 saturated carbocycles. The first-order valence-corrected chi connectivity index (χ1v) is 8.12. The summed E-state index contributed by atoms with van der Waals surface area (Å²) in [7, 11) is 0. The third-order valence-corrected chi connectivity index (χ3v) is 4.76. The van der Waals surface area contributed by atoms with Gasteiger partial charge in [0.2, 0.25) is 0 Å². The SMILES string of the molecule is C#CCc1c(F)c(F)c(COC(=O)[C@@H]2[C@@H](C=C(C)C)C2(C)C)c(F)c1F. The molecule has 2 nitrogen and oxygen atoms in total. The van der Waals surface area contributed by atoms with Crippen LogP contribution in [0.2, 0.25) is 0 Å². The molecule has 1 aliphatic carbocycles. The molecule has 1 fully saturated rings. The van der Waals surface area contributed by atoms with Gasteiger partial charge in [0.25, 0.3) is 0 Å². The summed E-state index contributed by atoms with van der Waals surface area (Å²) < 4.78 is 60.8. The molecule has 0 aliphatic heterocycles. The average Bonchev–Trinajstić information content (AvgIpc) is 3.09. The van der Waals surface area contributed by atoms with Crippen LogP contribution < -0.4 is 0 Å². The van der Waals surface area contributed by atoms with Gasteiger partial charge in [0.1, 0.15) is 6.61 Å². The maximum Gasteiger partial charge on any atom is 0.310 e. The molecule has 0 spiro atoms. The van der Waals surface area contributed by atoms with Crippen molar-refractivity contribution in [2.45, 2.75) is 40.7 Å². The fourth-order valence-corrected chi connectivity index (χ4v) is 3.14. The number of carbonyl (C=O) groups is 1. The van der Waals surface area contributed by atoms with Gasteiger partial charge in [-0.05, 0) is 25.2 Å².